The molecule has 0 bridgehead atoms. The Hall–Kier alpha value is 0.650. The zero-order valence-electron chi connectivity index (χ0n) is 11.3. The van der Waals surface area contributed by atoms with E-state index in [0.29, 0.717) is 9.08 Å². The van der Waals surface area contributed by atoms with Gasteiger partial charge in [-0.05, 0) is 46.5 Å². The average molecular weight is 336 g/mol. The van der Waals surface area contributed by atoms with Gasteiger partial charge >= 0.3 is 0 Å². The highest BCUT2D eigenvalue weighted by Crippen LogP contribution is 2.38. The summed E-state index contributed by atoms with van der Waals surface area (Å²) in [5, 5.41) is 0. The van der Waals surface area contributed by atoms with Crippen LogP contribution in [0.25, 0.3) is 0 Å². The molecule has 94 valence electrons. The van der Waals surface area contributed by atoms with Crippen molar-refractivity contribution in [2.24, 2.45) is 11.8 Å². The van der Waals surface area contributed by atoms with Crippen molar-refractivity contribution in [2.45, 2.75) is 43.7 Å². The van der Waals surface area contributed by atoms with Gasteiger partial charge in [0.15, 0.2) is 0 Å². The molecule has 2 atom stereocenters. The van der Waals surface area contributed by atoms with Crippen LogP contribution in [0, 0.1) is 11.8 Å². The third-order valence-electron chi connectivity index (χ3n) is 4.19. The normalized spacial score (nSPS) is 33.4. The molecule has 2 nitrogen and oxygen atoms in total. The van der Waals surface area contributed by atoms with Gasteiger partial charge < -0.3 is 0 Å². The van der Waals surface area contributed by atoms with Gasteiger partial charge in [0.05, 0.1) is 3.55 Å². The predicted molar refractivity (Wildman–Crippen MR) is 78.0 cm³/mol. The minimum atomic E-state index is 0.328. The Balaban J connectivity index is 1.96. The summed E-state index contributed by atoms with van der Waals surface area (Å²) in [6.45, 7) is 16.9. The fourth-order valence-electron chi connectivity index (χ4n) is 2.98. The second-order valence-electron chi connectivity index (χ2n) is 6.91. The summed E-state index contributed by atoms with van der Waals surface area (Å²) in [6, 6.07) is 0. The zero-order valence-corrected chi connectivity index (χ0v) is 13.4. The summed E-state index contributed by atoms with van der Waals surface area (Å²) in [7, 11) is 0. The standard InChI is InChI=1S/C13H25IN2/c1-12(2,3)15-6-10-8-16(13(4,5)14)9-11(10)7-15/h10-11H,6-9H2,1-5H3. The largest absolute Gasteiger partial charge is 0.298 e. The highest BCUT2D eigenvalue weighted by Gasteiger charge is 2.45. The zero-order chi connectivity index (χ0) is 12.1. The van der Waals surface area contributed by atoms with Crippen molar-refractivity contribution in [2.75, 3.05) is 26.2 Å². The fourth-order valence-corrected chi connectivity index (χ4v) is 3.37. The third kappa shape index (κ3) is 2.56. The van der Waals surface area contributed by atoms with E-state index < -0.39 is 0 Å². The van der Waals surface area contributed by atoms with Crippen LogP contribution in [0.1, 0.15) is 34.6 Å². The Morgan fingerprint density at radius 3 is 1.50 bits per heavy atom. The first-order chi connectivity index (χ1) is 7.18. The van der Waals surface area contributed by atoms with E-state index in [1.54, 1.807) is 0 Å². The molecule has 2 fully saturated rings. The van der Waals surface area contributed by atoms with Crippen molar-refractivity contribution < 1.29 is 0 Å². The van der Waals surface area contributed by atoms with Crippen LogP contribution in [0.5, 0.6) is 0 Å². The summed E-state index contributed by atoms with van der Waals surface area (Å²) in [4.78, 5) is 5.32. The van der Waals surface area contributed by atoms with E-state index in [2.05, 4.69) is 67.0 Å². The van der Waals surface area contributed by atoms with Crippen LogP contribution < -0.4 is 0 Å². The van der Waals surface area contributed by atoms with Crippen LogP contribution >= 0.6 is 22.6 Å². The Morgan fingerprint density at radius 2 is 1.19 bits per heavy atom. The molecule has 2 aliphatic heterocycles. The molecule has 0 aromatic heterocycles. The minimum absolute atomic E-state index is 0.328. The van der Waals surface area contributed by atoms with Gasteiger partial charge in [0.25, 0.3) is 0 Å². The molecular weight excluding hydrogens is 311 g/mol. The Morgan fingerprint density at radius 1 is 0.812 bits per heavy atom. The summed E-state index contributed by atoms with van der Waals surface area (Å²) in [5.74, 6) is 1.82. The van der Waals surface area contributed by atoms with Gasteiger partial charge in [0.2, 0.25) is 0 Å². The lowest BCUT2D eigenvalue weighted by Gasteiger charge is -2.35. The van der Waals surface area contributed by atoms with Gasteiger partial charge in [-0.2, -0.15) is 0 Å². The first-order valence-electron chi connectivity index (χ1n) is 6.37. The number of alkyl halides is 1. The van der Waals surface area contributed by atoms with Crippen LogP contribution in [0.4, 0.5) is 0 Å². The second-order valence-corrected chi connectivity index (χ2v) is 9.55. The van der Waals surface area contributed by atoms with E-state index in [1.165, 1.54) is 26.2 Å². The lowest BCUT2D eigenvalue weighted by Crippen LogP contribution is -2.43. The van der Waals surface area contributed by atoms with Gasteiger partial charge in [0.1, 0.15) is 0 Å². The second kappa shape index (κ2) is 4.09. The maximum absolute atomic E-state index is 2.67. The van der Waals surface area contributed by atoms with Gasteiger partial charge in [-0.25, -0.2) is 0 Å². The average Bonchev–Trinajstić information content (AvgIpc) is 2.53. The van der Waals surface area contributed by atoms with Crippen LogP contribution in [0.3, 0.4) is 0 Å². The maximum Gasteiger partial charge on any atom is 0.0673 e. The summed E-state index contributed by atoms with van der Waals surface area (Å²) < 4.78 is 0.328. The Labute approximate surface area is 114 Å². The monoisotopic (exact) mass is 336 g/mol. The van der Waals surface area contributed by atoms with Gasteiger partial charge in [-0.15, -0.1) is 0 Å². The Kier molecular flexibility index (Phi) is 3.35. The number of hydrogen-bond donors (Lipinski definition) is 0. The molecule has 0 amide bonds. The van der Waals surface area contributed by atoms with Crippen LogP contribution in [0.15, 0.2) is 0 Å². The van der Waals surface area contributed by atoms with Crippen LogP contribution in [0.2, 0.25) is 0 Å². The van der Waals surface area contributed by atoms with Crippen molar-refractivity contribution in [3.05, 3.63) is 0 Å². The van der Waals surface area contributed by atoms with Crippen LogP contribution in [-0.2, 0) is 0 Å². The molecule has 3 heteroatoms. The molecule has 0 N–H and O–H groups in total. The van der Waals surface area contributed by atoms with Gasteiger partial charge in [-0.3, -0.25) is 9.80 Å². The minimum Gasteiger partial charge on any atom is -0.298 e. The molecule has 2 heterocycles. The topological polar surface area (TPSA) is 6.48 Å². The smallest absolute Gasteiger partial charge is 0.0673 e. The number of rotatable bonds is 1. The van der Waals surface area contributed by atoms with E-state index in [4.69, 9.17) is 0 Å². The quantitative estimate of drug-likeness (QED) is 0.413. The van der Waals surface area contributed by atoms with E-state index in [1.807, 2.05) is 0 Å². The number of likely N-dealkylation sites (tertiary alicyclic amines) is 2. The molecule has 2 aliphatic rings. The molecule has 0 aromatic rings. The maximum atomic E-state index is 2.67. The highest BCUT2D eigenvalue weighted by molar-refractivity contribution is 14.1. The molecule has 2 saturated heterocycles. The van der Waals surface area contributed by atoms with Crippen LogP contribution in [-0.4, -0.2) is 45.1 Å². The molecule has 0 radical (unpaired) electrons. The lowest BCUT2D eigenvalue weighted by molar-refractivity contribution is 0.141. The Bertz CT molecular complexity index is 224. The van der Waals surface area contributed by atoms with E-state index in [0.717, 1.165) is 11.8 Å². The number of nitrogens with zero attached hydrogens (tertiary/aromatic N) is 2. The number of halogens is 1. The van der Waals surface area contributed by atoms with E-state index in [-0.39, 0.29) is 0 Å². The SMILES string of the molecule is CC(C)(C)N1CC2CN(C(C)(C)I)CC2C1. The van der Waals surface area contributed by atoms with Gasteiger partial charge in [0, 0.05) is 31.7 Å². The third-order valence-corrected chi connectivity index (χ3v) is 4.87. The summed E-state index contributed by atoms with van der Waals surface area (Å²) in [6.07, 6.45) is 0. The lowest BCUT2D eigenvalue weighted by atomic mass is 10.0. The molecule has 0 aromatic carbocycles. The van der Waals surface area contributed by atoms with Crippen molar-refractivity contribution in [3.63, 3.8) is 0 Å². The molecular formula is C13H25IN2. The summed E-state index contributed by atoms with van der Waals surface area (Å²) >= 11 is 2.57. The van der Waals surface area contributed by atoms with E-state index >= 15 is 0 Å². The molecule has 0 saturated carbocycles. The number of fused-ring (bicyclic) bond motifs is 1. The molecule has 0 spiro atoms. The van der Waals surface area contributed by atoms with Crippen molar-refractivity contribution in [1.29, 1.82) is 0 Å². The number of hydrogen-bond acceptors (Lipinski definition) is 2. The van der Waals surface area contributed by atoms with Crippen molar-refractivity contribution in [3.8, 4) is 0 Å². The molecule has 2 unspecified atom stereocenters. The highest BCUT2D eigenvalue weighted by atomic mass is 127. The first kappa shape index (κ1) is 13.1. The summed E-state index contributed by atoms with van der Waals surface area (Å²) in [5.41, 5.74) is 0.356. The predicted octanol–water partition coefficient (Wildman–Crippen LogP) is 2.82. The fraction of sp³-hybridized carbons (Fsp3) is 1.00. The van der Waals surface area contributed by atoms with Crippen molar-refractivity contribution >= 4 is 22.6 Å². The van der Waals surface area contributed by atoms with Crippen molar-refractivity contribution in [1.82, 2.24) is 9.80 Å². The molecule has 0 aliphatic carbocycles. The molecule has 16 heavy (non-hydrogen) atoms. The molecule has 2 rings (SSSR count). The van der Waals surface area contributed by atoms with Gasteiger partial charge in [-0.1, -0.05) is 22.6 Å². The first-order valence-corrected chi connectivity index (χ1v) is 7.45. The van der Waals surface area contributed by atoms with E-state index in [9.17, 15) is 0 Å².